The van der Waals surface area contributed by atoms with Crippen LogP contribution >= 0.6 is 0 Å². The summed E-state index contributed by atoms with van der Waals surface area (Å²) in [6.45, 7) is 2.73. The molecule has 272 valence electrons. The highest BCUT2D eigenvalue weighted by molar-refractivity contribution is 5.93. The van der Waals surface area contributed by atoms with Crippen molar-refractivity contribution < 1.29 is 18.9 Å². The molecule has 6 aromatic rings. The van der Waals surface area contributed by atoms with Crippen LogP contribution in [-0.2, 0) is 0 Å². The van der Waals surface area contributed by atoms with Gasteiger partial charge in [-0.2, -0.15) is 0 Å². The van der Waals surface area contributed by atoms with Crippen LogP contribution in [-0.4, -0.2) is 46.4 Å². The van der Waals surface area contributed by atoms with Crippen molar-refractivity contribution in [3.63, 3.8) is 0 Å². The normalized spacial score (nSPS) is 17.1. The Morgan fingerprint density at radius 2 is 0.481 bits per heavy atom. The van der Waals surface area contributed by atoms with Crippen LogP contribution in [0, 0.1) is 0 Å². The second-order valence-electron chi connectivity index (χ2n) is 14.0. The zero-order valence-electron chi connectivity index (χ0n) is 30.5. The smallest absolute Gasteiger partial charge is 0.147 e. The molecule has 0 amide bonds. The molecule has 0 atom stereocenters. The van der Waals surface area contributed by atoms with Crippen LogP contribution in [0.5, 0.6) is 23.0 Å². The molecule has 4 aliphatic heterocycles. The lowest BCUT2D eigenvalue weighted by atomic mass is 10.1. The lowest BCUT2D eigenvalue weighted by molar-refractivity contribution is 0.303. The zero-order valence-corrected chi connectivity index (χ0v) is 30.5. The third-order valence-corrected chi connectivity index (χ3v) is 9.95. The van der Waals surface area contributed by atoms with Gasteiger partial charge in [0, 0.05) is 0 Å². The molecule has 0 spiro atoms. The van der Waals surface area contributed by atoms with Crippen molar-refractivity contribution in [2.75, 3.05) is 26.4 Å². The van der Waals surface area contributed by atoms with Crippen LogP contribution < -0.4 is 18.9 Å². The highest BCUT2D eigenvalue weighted by Gasteiger charge is 2.13. The van der Waals surface area contributed by atoms with Crippen molar-refractivity contribution in [3.8, 4) is 23.0 Å². The van der Waals surface area contributed by atoms with Crippen molar-refractivity contribution in [1.82, 2.24) is 19.9 Å². The standard InChI is InChI=1S/C44H52N4O4/c1-2-6-10-14-30-50-38-26-18-22-34-42(38)47-36-24-20-28-40(44(36)48-34)52-32-16-12-8-4-3-7-11-15-31-51-39-27-19-23-35-43(39)46-33-21-17-25-37(41(33)45-35)49-29-13-9-5-1/h17-28H,1-16,29-32H2. The van der Waals surface area contributed by atoms with E-state index in [9.17, 15) is 0 Å². The van der Waals surface area contributed by atoms with Crippen LogP contribution in [0.15, 0.2) is 72.8 Å². The Hall–Kier alpha value is -4.72. The SMILES string of the molecule is c1cc2c3nc4cccc(c4nc3c1)OCCCCCCCCCCOc1cccc3nc4c(cccc4nc13)OCCCCCCCCCCO2. The highest BCUT2D eigenvalue weighted by Crippen LogP contribution is 2.31. The summed E-state index contributed by atoms with van der Waals surface area (Å²) >= 11 is 0. The van der Waals surface area contributed by atoms with Gasteiger partial charge in [-0.25, -0.2) is 19.9 Å². The van der Waals surface area contributed by atoms with E-state index in [1.165, 1.54) is 51.4 Å². The van der Waals surface area contributed by atoms with E-state index < -0.39 is 0 Å². The lowest BCUT2D eigenvalue weighted by Gasteiger charge is -2.12. The molecule has 0 saturated heterocycles. The van der Waals surface area contributed by atoms with E-state index in [1.807, 2.05) is 72.8 Å². The van der Waals surface area contributed by atoms with Crippen molar-refractivity contribution >= 4 is 44.1 Å². The minimum atomic E-state index is 0.683. The van der Waals surface area contributed by atoms with Crippen molar-refractivity contribution in [2.24, 2.45) is 0 Å². The molecule has 0 N–H and O–H groups in total. The number of benzene rings is 4. The molecule has 0 aliphatic carbocycles. The van der Waals surface area contributed by atoms with E-state index in [0.717, 1.165) is 118 Å². The van der Waals surface area contributed by atoms with Gasteiger partial charge in [0.25, 0.3) is 0 Å². The Morgan fingerprint density at radius 1 is 0.269 bits per heavy atom. The van der Waals surface area contributed by atoms with Crippen molar-refractivity contribution in [1.29, 1.82) is 0 Å². The Morgan fingerprint density at radius 3 is 0.712 bits per heavy atom. The third-order valence-electron chi connectivity index (χ3n) is 9.95. The van der Waals surface area contributed by atoms with E-state index in [0.29, 0.717) is 26.4 Å². The maximum absolute atomic E-state index is 6.23. The molecule has 52 heavy (non-hydrogen) atoms. The number of hydrogen-bond acceptors (Lipinski definition) is 8. The summed E-state index contributed by atoms with van der Waals surface area (Å²) in [5.41, 5.74) is 6.59. The largest absolute Gasteiger partial charge is 0.491 e. The number of hydrogen-bond donors (Lipinski definition) is 0. The lowest BCUT2D eigenvalue weighted by Crippen LogP contribution is -2.01. The molecule has 6 heterocycles. The zero-order chi connectivity index (χ0) is 35.2. The summed E-state index contributed by atoms with van der Waals surface area (Å²) in [6.07, 6.45) is 18.6. The number of ether oxygens (including phenoxy) is 4. The summed E-state index contributed by atoms with van der Waals surface area (Å²) in [5, 5.41) is 0. The Balaban J connectivity index is 0.955. The number of nitrogens with zero attached hydrogens (tertiary/aromatic N) is 4. The summed E-state index contributed by atoms with van der Waals surface area (Å²) in [7, 11) is 0. The topological polar surface area (TPSA) is 88.5 Å². The van der Waals surface area contributed by atoms with Crippen LogP contribution in [0.2, 0.25) is 0 Å². The van der Waals surface area contributed by atoms with Gasteiger partial charge in [0.05, 0.1) is 48.5 Å². The first-order valence-corrected chi connectivity index (χ1v) is 19.7. The third kappa shape index (κ3) is 9.38. The Bertz CT molecular complexity index is 1760. The summed E-state index contributed by atoms with van der Waals surface area (Å²) < 4.78 is 24.9. The summed E-state index contributed by atoms with van der Waals surface area (Å²) in [5.74, 6) is 3.20. The highest BCUT2D eigenvalue weighted by atomic mass is 16.5. The van der Waals surface area contributed by atoms with Gasteiger partial charge in [0.15, 0.2) is 0 Å². The molecule has 10 rings (SSSR count). The number of para-hydroxylation sites is 4. The minimum Gasteiger partial charge on any atom is -0.491 e. The molecule has 4 aliphatic rings. The molecule has 0 saturated carbocycles. The molecule has 0 radical (unpaired) electrons. The van der Waals surface area contributed by atoms with Gasteiger partial charge in [-0.3, -0.25) is 0 Å². The van der Waals surface area contributed by atoms with Gasteiger partial charge < -0.3 is 18.9 Å². The van der Waals surface area contributed by atoms with Crippen LogP contribution in [0.3, 0.4) is 0 Å². The molecule has 8 nitrogen and oxygen atoms in total. The second kappa shape index (κ2) is 18.7. The monoisotopic (exact) mass is 700 g/mol. The fourth-order valence-electron chi connectivity index (χ4n) is 7.06. The quantitative estimate of drug-likeness (QED) is 0.145. The van der Waals surface area contributed by atoms with Crippen LogP contribution in [0.25, 0.3) is 44.1 Å². The van der Waals surface area contributed by atoms with Gasteiger partial charge >= 0.3 is 0 Å². The summed E-state index contributed by atoms with van der Waals surface area (Å²) in [4.78, 5) is 19.9. The van der Waals surface area contributed by atoms with Crippen LogP contribution in [0.4, 0.5) is 0 Å². The van der Waals surface area contributed by atoms with Crippen molar-refractivity contribution in [3.05, 3.63) is 72.8 Å². The molecular formula is C44H52N4O4. The average molecular weight is 701 g/mol. The molecule has 0 fully saturated rings. The molecular weight excluding hydrogens is 649 g/mol. The van der Waals surface area contributed by atoms with E-state index in [2.05, 4.69) is 0 Å². The van der Waals surface area contributed by atoms with E-state index in [4.69, 9.17) is 38.9 Å². The first-order valence-electron chi connectivity index (χ1n) is 19.7. The van der Waals surface area contributed by atoms with E-state index in [1.54, 1.807) is 0 Å². The number of rotatable bonds is 0. The first-order chi connectivity index (χ1) is 25.8. The predicted molar refractivity (Wildman–Crippen MR) is 210 cm³/mol. The van der Waals surface area contributed by atoms with Crippen molar-refractivity contribution in [2.45, 2.75) is 103 Å². The molecule has 4 aromatic carbocycles. The average Bonchev–Trinajstić information content (AvgIpc) is 3.17. The molecule has 12 bridgehead atoms. The van der Waals surface area contributed by atoms with Gasteiger partial charge in [-0.15, -0.1) is 0 Å². The molecule has 0 unspecified atom stereocenters. The van der Waals surface area contributed by atoms with Gasteiger partial charge in [-0.1, -0.05) is 101 Å². The number of aromatic nitrogens is 4. The Labute approximate surface area is 307 Å². The van der Waals surface area contributed by atoms with Gasteiger partial charge in [-0.05, 0) is 74.2 Å². The van der Waals surface area contributed by atoms with Crippen LogP contribution in [0.1, 0.15) is 103 Å². The van der Waals surface area contributed by atoms with E-state index >= 15 is 0 Å². The Kier molecular flexibility index (Phi) is 12.8. The molecule has 2 aromatic heterocycles. The van der Waals surface area contributed by atoms with E-state index in [-0.39, 0.29) is 0 Å². The summed E-state index contributed by atoms with van der Waals surface area (Å²) in [6, 6.07) is 24.1. The molecule has 8 heteroatoms. The maximum Gasteiger partial charge on any atom is 0.147 e. The second-order valence-corrected chi connectivity index (χ2v) is 14.0. The minimum absolute atomic E-state index is 0.683. The first kappa shape index (κ1) is 35.7. The van der Waals surface area contributed by atoms with Gasteiger partial charge in [0.1, 0.15) is 45.1 Å². The van der Waals surface area contributed by atoms with Gasteiger partial charge in [0.2, 0.25) is 0 Å². The predicted octanol–water partition coefficient (Wildman–Crippen LogP) is 11.3. The fourth-order valence-corrected chi connectivity index (χ4v) is 7.06. The maximum atomic E-state index is 6.23. The fraction of sp³-hybridized carbons (Fsp3) is 0.455.